The summed E-state index contributed by atoms with van der Waals surface area (Å²) in [6.45, 7) is 2.06. The van der Waals surface area contributed by atoms with Crippen LogP contribution in [0.3, 0.4) is 0 Å². The summed E-state index contributed by atoms with van der Waals surface area (Å²) in [4.78, 5) is 16.2. The number of nitrogens with zero attached hydrogens (tertiary/aromatic N) is 5. The quantitative estimate of drug-likeness (QED) is 0.566. The van der Waals surface area contributed by atoms with Gasteiger partial charge >= 0.3 is 6.03 Å². The van der Waals surface area contributed by atoms with Gasteiger partial charge in [0.15, 0.2) is 17.5 Å². The van der Waals surface area contributed by atoms with Gasteiger partial charge in [-0.3, -0.25) is 0 Å². The molecule has 1 aliphatic rings. The molecule has 1 saturated heterocycles. The second kappa shape index (κ2) is 10.4. The molecule has 1 fully saturated rings. The zero-order chi connectivity index (χ0) is 24.1. The number of aromatic nitrogens is 4. The van der Waals surface area contributed by atoms with E-state index in [0.29, 0.717) is 48.9 Å². The second-order valence-corrected chi connectivity index (χ2v) is 8.24. The van der Waals surface area contributed by atoms with Crippen LogP contribution in [0.15, 0.2) is 36.4 Å². The number of rotatable bonds is 7. The van der Waals surface area contributed by atoms with E-state index in [1.54, 1.807) is 36.2 Å². The van der Waals surface area contributed by atoms with Crippen LogP contribution < -0.4 is 9.47 Å². The first-order chi connectivity index (χ1) is 16.4. The Balaban J connectivity index is 1.33. The first-order valence-electron chi connectivity index (χ1n) is 10.9. The average Bonchev–Trinajstić information content (AvgIpc) is 3.37. The molecular formula is C23H26F2N6O3. The molecule has 1 aromatic heterocycles. The number of H-pyrrole nitrogens is 1. The summed E-state index contributed by atoms with van der Waals surface area (Å²) in [5.74, 6) is -0.258. The average molecular weight is 472 g/mol. The van der Waals surface area contributed by atoms with Gasteiger partial charge in [-0.1, -0.05) is 12.1 Å². The topological polar surface area (TPSA) is 96.5 Å². The number of methoxy groups -OCH3 is 1. The first-order valence-corrected chi connectivity index (χ1v) is 10.9. The normalized spacial score (nSPS) is 15.8. The summed E-state index contributed by atoms with van der Waals surface area (Å²) in [7, 11) is 3.13. The van der Waals surface area contributed by atoms with Gasteiger partial charge in [-0.2, -0.15) is 0 Å². The van der Waals surface area contributed by atoms with Gasteiger partial charge in [0.05, 0.1) is 20.3 Å². The number of hydrogen-bond acceptors (Lipinski definition) is 6. The van der Waals surface area contributed by atoms with Crippen LogP contribution in [-0.2, 0) is 6.54 Å². The van der Waals surface area contributed by atoms with Crippen LogP contribution in [0, 0.1) is 17.6 Å². The van der Waals surface area contributed by atoms with Gasteiger partial charge in [-0.25, -0.2) is 18.7 Å². The van der Waals surface area contributed by atoms with Gasteiger partial charge < -0.3 is 19.3 Å². The Morgan fingerprint density at radius 2 is 2.00 bits per heavy atom. The van der Waals surface area contributed by atoms with Gasteiger partial charge in [0, 0.05) is 37.7 Å². The van der Waals surface area contributed by atoms with Crippen molar-refractivity contribution in [2.24, 2.45) is 5.92 Å². The third-order valence-corrected chi connectivity index (χ3v) is 5.79. The highest BCUT2D eigenvalue weighted by Crippen LogP contribution is 2.33. The SMILES string of the molecule is COc1cc(F)c(F)cc1-c1ccc(OCC2CCCN(C(=O)N(C)Cc3nnn[nH]3)C2)cc1. The Kier molecular flexibility index (Phi) is 7.19. The number of halogens is 2. The number of ether oxygens (including phenoxy) is 2. The summed E-state index contributed by atoms with van der Waals surface area (Å²) < 4.78 is 38.4. The van der Waals surface area contributed by atoms with Crippen molar-refractivity contribution in [3.63, 3.8) is 0 Å². The summed E-state index contributed by atoms with van der Waals surface area (Å²) in [5, 5.41) is 13.5. The van der Waals surface area contributed by atoms with Crippen LogP contribution in [0.5, 0.6) is 11.5 Å². The number of hydrogen-bond donors (Lipinski definition) is 1. The van der Waals surface area contributed by atoms with E-state index < -0.39 is 11.6 Å². The first kappa shape index (κ1) is 23.4. The number of benzene rings is 2. The maximum Gasteiger partial charge on any atom is 0.320 e. The fourth-order valence-corrected chi connectivity index (χ4v) is 4.02. The molecule has 2 aromatic carbocycles. The van der Waals surface area contributed by atoms with Crippen molar-refractivity contribution in [1.82, 2.24) is 30.4 Å². The Morgan fingerprint density at radius 3 is 2.71 bits per heavy atom. The van der Waals surface area contributed by atoms with Crippen molar-refractivity contribution in [2.75, 3.05) is 33.9 Å². The van der Waals surface area contributed by atoms with Crippen molar-refractivity contribution in [1.29, 1.82) is 0 Å². The molecule has 2 amide bonds. The molecule has 2 heterocycles. The highest BCUT2D eigenvalue weighted by atomic mass is 19.2. The summed E-state index contributed by atoms with van der Waals surface area (Å²) in [6.07, 6.45) is 1.86. The number of amides is 2. The maximum atomic E-state index is 13.7. The van der Waals surface area contributed by atoms with Crippen molar-refractivity contribution in [3.8, 4) is 22.6 Å². The molecule has 3 aromatic rings. The number of tetrazole rings is 1. The fraction of sp³-hybridized carbons (Fsp3) is 0.391. The fourth-order valence-electron chi connectivity index (χ4n) is 4.02. The van der Waals surface area contributed by atoms with E-state index in [4.69, 9.17) is 9.47 Å². The zero-order valence-electron chi connectivity index (χ0n) is 19.0. The molecule has 0 aliphatic carbocycles. The molecule has 0 bridgehead atoms. The van der Waals surface area contributed by atoms with E-state index in [1.807, 2.05) is 4.90 Å². The Morgan fingerprint density at radius 1 is 1.24 bits per heavy atom. The Hall–Kier alpha value is -3.76. The lowest BCUT2D eigenvalue weighted by molar-refractivity contribution is 0.115. The van der Waals surface area contributed by atoms with Crippen molar-refractivity contribution < 1.29 is 23.0 Å². The summed E-state index contributed by atoms with van der Waals surface area (Å²) in [6, 6.07) is 9.18. The molecular weight excluding hydrogens is 446 g/mol. The van der Waals surface area contributed by atoms with E-state index >= 15 is 0 Å². The number of piperidine rings is 1. The van der Waals surface area contributed by atoms with Crippen LogP contribution in [0.1, 0.15) is 18.7 Å². The summed E-state index contributed by atoms with van der Waals surface area (Å²) >= 11 is 0. The third kappa shape index (κ3) is 5.41. The predicted octanol–water partition coefficient (Wildman–Crippen LogP) is 3.50. The third-order valence-electron chi connectivity index (χ3n) is 5.79. The van der Waals surface area contributed by atoms with Crippen molar-refractivity contribution >= 4 is 6.03 Å². The van der Waals surface area contributed by atoms with E-state index in [2.05, 4.69) is 20.6 Å². The van der Waals surface area contributed by atoms with Crippen molar-refractivity contribution in [2.45, 2.75) is 19.4 Å². The van der Waals surface area contributed by atoms with E-state index in [-0.39, 0.29) is 17.7 Å². The van der Waals surface area contributed by atoms with Gasteiger partial charge in [0.2, 0.25) is 0 Å². The van der Waals surface area contributed by atoms with Crippen LogP contribution in [0.4, 0.5) is 13.6 Å². The number of aromatic amines is 1. The zero-order valence-corrected chi connectivity index (χ0v) is 19.0. The lowest BCUT2D eigenvalue weighted by Gasteiger charge is -2.35. The van der Waals surface area contributed by atoms with Crippen LogP contribution in [0.2, 0.25) is 0 Å². The Bertz CT molecular complexity index is 1110. The largest absolute Gasteiger partial charge is 0.496 e. The van der Waals surface area contributed by atoms with Crippen molar-refractivity contribution in [3.05, 3.63) is 53.9 Å². The molecule has 4 rings (SSSR count). The van der Waals surface area contributed by atoms with Gasteiger partial charge in [-0.15, -0.1) is 5.10 Å². The smallest absolute Gasteiger partial charge is 0.320 e. The number of likely N-dealkylation sites (tertiary alicyclic amines) is 1. The van der Waals surface area contributed by atoms with Crippen LogP contribution in [-0.4, -0.2) is 70.3 Å². The molecule has 1 unspecified atom stereocenters. The van der Waals surface area contributed by atoms with Crippen LogP contribution in [0.25, 0.3) is 11.1 Å². The minimum absolute atomic E-state index is 0.0778. The maximum absolute atomic E-state index is 13.7. The molecule has 0 spiro atoms. The molecule has 0 saturated carbocycles. The molecule has 11 heteroatoms. The predicted molar refractivity (Wildman–Crippen MR) is 119 cm³/mol. The van der Waals surface area contributed by atoms with Gasteiger partial charge in [0.25, 0.3) is 0 Å². The monoisotopic (exact) mass is 472 g/mol. The van der Waals surface area contributed by atoms with Gasteiger partial charge in [0.1, 0.15) is 11.5 Å². The second-order valence-electron chi connectivity index (χ2n) is 8.24. The molecule has 9 nitrogen and oxygen atoms in total. The number of nitrogens with one attached hydrogen (secondary N) is 1. The van der Waals surface area contributed by atoms with E-state index in [9.17, 15) is 13.6 Å². The van der Waals surface area contributed by atoms with E-state index in [0.717, 1.165) is 25.0 Å². The summed E-state index contributed by atoms with van der Waals surface area (Å²) in [5.41, 5.74) is 1.14. The lowest BCUT2D eigenvalue weighted by Crippen LogP contribution is -2.47. The number of carbonyl (C=O) groups is 1. The molecule has 34 heavy (non-hydrogen) atoms. The van der Waals surface area contributed by atoms with Crippen LogP contribution >= 0.6 is 0 Å². The molecule has 180 valence electrons. The Labute approximate surface area is 195 Å². The van der Waals surface area contributed by atoms with Gasteiger partial charge in [-0.05, 0) is 47.0 Å². The molecule has 1 aliphatic heterocycles. The standard InChI is InChI=1S/C23H26F2N6O3/c1-30(13-22-26-28-29-27-22)23(32)31-9-3-4-15(12-31)14-34-17-7-5-16(6-8-17)18-10-19(24)20(25)11-21(18)33-2/h5-8,10-11,15H,3-4,9,12-14H2,1-2H3,(H,26,27,28,29). The molecule has 1 atom stereocenters. The number of carbonyl (C=O) groups excluding carboxylic acids is 1. The van der Waals surface area contributed by atoms with E-state index in [1.165, 1.54) is 7.11 Å². The minimum Gasteiger partial charge on any atom is -0.496 e. The highest BCUT2D eigenvalue weighted by Gasteiger charge is 2.26. The number of urea groups is 1. The molecule has 0 radical (unpaired) electrons. The lowest BCUT2D eigenvalue weighted by atomic mass is 9.99. The minimum atomic E-state index is -0.957. The highest BCUT2D eigenvalue weighted by molar-refractivity contribution is 5.74. The molecule has 1 N–H and O–H groups in total.